The Hall–Kier alpha value is -10.3. The third kappa shape index (κ3) is 14.9. The zero-order valence-corrected chi connectivity index (χ0v) is 55.5. The van der Waals surface area contributed by atoms with E-state index in [4.69, 9.17) is 0 Å². The number of hydrogen-bond donors (Lipinski definition) is 3. The second-order valence-electron chi connectivity index (χ2n) is 26.0. The van der Waals surface area contributed by atoms with Gasteiger partial charge >= 0.3 is 17.9 Å². The van der Waals surface area contributed by atoms with E-state index in [0.29, 0.717) is 27.6 Å². The van der Waals surface area contributed by atoms with Crippen molar-refractivity contribution >= 4 is 51.9 Å². The Bertz CT molecular complexity index is 4610. The largest absolute Gasteiger partial charge is 0.478 e. The van der Waals surface area contributed by atoms with Crippen LogP contribution in [0.25, 0.3) is 83.3 Å². The molecule has 10 aromatic rings. The molecule has 0 spiro atoms. The maximum absolute atomic E-state index is 11.9. The molecule has 5 aliphatic rings. The first-order chi connectivity index (χ1) is 47.0. The minimum Gasteiger partial charge on any atom is -0.478 e. The average molecular weight is 1300 g/mol. The van der Waals surface area contributed by atoms with E-state index < -0.39 is 17.9 Å². The standard InChI is InChI=1S/C27H30N4O2.C26H27N5O2.C25H24N4O2/c1-29-11-13-31(14-12-29)17-21-5-3-4-6-23(21)20-9-7-19(8-10-20)22-15-24(27(32)33)26-25(16-22)28-18-30(26)2;1-29-11-13-31(14-12-29)17-20-5-3-4-6-22(20)19-9-7-18(8-10-19)21-15-23(26(32)33)25-24(16-21)27-30(2)28-25;1-28-26-23-15-20(14-22(25(30)31)24(23)27-28)17-8-10-18(11-9-17)21-7-3-2-6-19(21)16-29-12-4-5-13-29/h3-10,15-16,18,25-26H,11-14,17H2,1-2H3,(H,32,33);3-10,15-16H,11-14,17H2,1-2H3,(H,32,33);2-3,6-11,14-15H,4-5,12-13,16H2,1H3,(H,30,31). The van der Waals surface area contributed by atoms with Gasteiger partial charge in [-0.3, -0.25) is 19.7 Å². The highest BCUT2D eigenvalue weighted by molar-refractivity contribution is 6.04. The van der Waals surface area contributed by atoms with E-state index >= 15 is 0 Å². The van der Waals surface area contributed by atoms with Crippen LogP contribution in [0.5, 0.6) is 0 Å². The van der Waals surface area contributed by atoms with Crippen molar-refractivity contribution < 1.29 is 29.7 Å². The van der Waals surface area contributed by atoms with Gasteiger partial charge in [-0.15, -0.1) is 0 Å². The fraction of sp³-hybridized carbons (Fsp3) is 0.282. The summed E-state index contributed by atoms with van der Waals surface area (Å²) in [6.45, 7) is 14.0. The van der Waals surface area contributed by atoms with Gasteiger partial charge in [-0.25, -0.2) is 14.4 Å². The summed E-state index contributed by atoms with van der Waals surface area (Å²) in [5.74, 6) is -2.89. The Morgan fingerprint density at radius 1 is 0.412 bits per heavy atom. The van der Waals surface area contributed by atoms with Crippen LogP contribution in [0.15, 0.2) is 193 Å². The van der Waals surface area contributed by atoms with E-state index in [1.807, 2.05) is 48.3 Å². The van der Waals surface area contributed by atoms with Gasteiger partial charge in [0.15, 0.2) is 0 Å². The molecule has 0 saturated carbocycles. The molecule has 97 heavy (non-hydrogen) atoms. The fourth-order valence-electron chi connectivity index (χ4n) is 13.9. The summed E-state index contributed by atoms with van der Waals surface area (Å²) in [5, 5.41) is 46.0. The third-order valence-corrected chi connectivity index (χ3v) is 19.3. The molecule has 0 amide bonds. The summed E-state index contributed by atoms with van der Waals surface area (Å²) in [5.41, 5.74) is 19.4. The molecule has 2 unspecified atom stereocenters. The number of likely N-dealkylation sites (tertiary alicyclic amines) is 1. The van der Waals surface area contributed by atoms with Crippen molar-refractivity contribution in [3.05, 3.63) is 221 Å². The first-order valence-corrected chi connectivity index (χ1v) is 33.2. The summed E-state index contributed by atoms with van der Waals surface area (Å²) in [6.07, 6.45) is 8.17. The molecule has 0 radical (unpaired) electrons. The first-order valence-electron chi connectivity index (χ1n) is 33.2. The average Bonchev–Trinajstić information content (AvgIpc) is 1.73. The Morgan fingerprint density at radius 2 is 0.784 bits per heavy atom. The second kappa shape index (κ2) is 29.0. The van der Waals surface area contributed by atoms with Gasteiger partial charge in [0.05, 0.1) is 35.1 Å². The number of carboxylic acid groups (broad SMARTS) is 3. The molecule has 0 bridgehead atoms. The summed E-state index contributed by atoms with van der Waals surface area (Å²) in [4.78, 5) is 56.9. The minimum atomic E-state index is -1.00. The highest BCUT2D eigenvalue weighted by Gasteiger charge is 2.37. The van der Waals surface area contributed by atoms with E-state index in [-0.39, 0.29) is 23.2 Å². The minimum absolute atomic E-state index is 0.162. The van der Waals surface area contributed by atoms with E-state index in [9.17, 15) is 29.7 Å². The number of aliphatic carboxylic acids is 1. The zero-order chi connectivity index (χ0) is 67.3. The molecule has 8 aromatic carbocycles. The van der Waals surface area contributed by atoms with Crippen molar-refractivity contribution in [1.82, 2.24) is 59.4 Å². The molecule has 3 N–H and O–H groups in total. The Balaban J connectivity index is 0.000000131. The van der Waals surface area contributed by atoms with Gasteiger partial charge in [0.2, 0.25) is 0 Å². The summed E-state index contributed by atoms with van der Waals surface area (Å²) >= 11 is 0. The molecule has 3 fully saturated rings. The van der Waals surface area contributed by atoms with Crippen molar-refractivity contribution in [1.29, 1.82) is 0 Å². The lowest BCUT2D eigenvalue weighted by Crippen LogP contribution is -2.43. The highest BCUT2D eigenvalue weighted by Crippen LogP contribution is 2.36. The molecule has 2 aromatic heterocycles. The number of aromatic carboxylic acids is 2. The number of nitrogens with zero attached hydrogens (tertiary/aromatic N) is 13. The van der Waals surface area contributed by atoms with Crippen LogP contribution in [0.4, 0.5) is 0 Å². The van der Waals surface area contributed by atoms with Crippen molar-refractivity contribution in [3.8, 4) is 55.6 Å². The van der Waals surface area contributed by atoms with Gasteiger partial charge in [-0.05, 0) is 160 Å². The lowest BCUT2D eigenvalue weighted by atomic mass is 9.87. The van der Waals surface area contributed by atoms with Crippen LogP contribution < -0.4 is 0 Å². The predicted molar refractivity (Wildman–Crippen MR) is 382 cm³/mol. The lowest BCUT2D eigenvalue weighted by molar-refractivity contribution is -0.133. The molecule has 15 rings (SSSR count). The van der Waals surface area contributed by atoms with E-state index in [2.05, 4.69) is 191 Å². The molecule has 19 heteroatoms. The van der Waals surface area contributed by atoms with Crippen LogP contribution in [-0.4, -0.2) is 198 Å². The molecule has 2 atom stereocenters. The number of aliphatic imine (C=N–C) groups is 1. The van der Waals surface area contributed by atoms with Crippen molar-refractivity contribution in [2.75, 3.05) is 86.6 Å². The number of likely N-dealkylation sites (N-methyl/N-ethyl adjacent to an activating group) is 3. The zero-order valence-electron chi connectivity index (χ0n) is 55.5. The van der Waals surface area contributed by atoms with E-state index in [1.54, 1.807) is 38.6 Å². The maximum atomic E-state index is 11.9. The van der Waals surface area contributed by atoms with Crippen molar-refractivity contribution in [2.24, 2.45) is 19.1 Å². The monoisotopic (exact) mass is 1300 g/mol. The SMILES string of the molecule is CN1CCN(Cc2ccccc2-c2ccc(-c3cc(C(=O)O)c4nn(C)nc4c3)cc2)CC1.CN1CCN(Cc2ccccc2-c2ccc(C3=CC4N=CN(C)C4C(C(=O)O)=C3)cc2)CC1.Cn1nc2cc(-c3ccc(-c4ccccc4CN4CCCC4)cc3)cc(C(=O)O)c2n1. The number of rotatable bonds is 15. The van der Waals surface area contributed by atoms with Crippen molar-refractivity contribution in [3.63, 3.8) is 0 Å². The molecule has 4 aliphatic heterocycles. The molecular weight excluding hydrogens is 1210 g/mol. The fourth-order valence-corrected chi connectivity index (χ4v) is 13.9. The van der Waals surface area contributed by atoms with Crippen LogP contribution in [0.2, 0.25) is 0 Å². The molecule has 3 saturated heterocycles. The van der Waals surface area contributed by atoms with Gasteiger partial charge in [-0.2, -0.15) is 30.0 Å². The quantitative estimate of drug-likeness (QED) is 0.0873. The topological polar surface area (TPSA) is 205 Å². The smallest absolute Gasteiger partial charge is 0.338 e. The summed E-state index contributed by atoms with van der Waals surface area (Å²) in [6, 6.07) is 57.6. The molecule has 494 valence electrons. The van der Waals surface area contributed by atoms with E-state index in [1.165, 1.54) is 74.5 Å². The van der Waals surface area contributed by atoms with E-state index in [0.717, 1.165) is 117 Å². The number of fused-ring (bicyclic) bond motifs is 3. The number of aryl methyl sites for hydroxylation is 2. The third-order valence-electron chi connectivity index (χ3n) is 19.3. The van der Waals surface area contributed by atoms with Gasteiger partial charge < -0.3 is 30.0 Å². The Kier molecular flexibility index (Phi) is 19.5. The first kappa shape index (κ1) is 65.4. The number of hydrogen-bond acceptors (Lipinski definition) is 14. The van der Waals surface area contributed by atoms with Crippen LogP contribution in [0.1, 0.15) is 55.8 Å². The summed E-state index contributed by atoms with van der Waals surface area (Å²) < 4.78 is 0. The Labute approximate surface area is 565 Å². The second-order valence-corrected chi connectivity index (χ2v) is 26.0. The number of carbonyl (C=O) groups is 3. The normalized spacial score (nSPS) is 17.7. The predicted octanol–water partition coefficient (Wildman–Crippen LogP) is 11.6. The molecule has 6 heterocycles. The van der Waals surface area contributed by atoms with Gasteiger partial charge in [0.25, 0.3) is 0 Å². The van der Waals surface area contributed by atoms with Crippen LogP contribution >= 0.6 is 0 Å². The number of allylic oxidation sites excluding steroid dienone is 2. The molecular formula is C78H81N13O6. The number of piperazine rings is 2. The number of carboxylic acids is 3. The molecule has 1 aliphatic carbocycles. The lowest BCUT2D eigenvalue weighted by Gasteiger charge is -2.32. The van der Waals surface area contributed by atoms with Gasteiger partial charge in [0, 0.05) is 93.1 Å². The molecule has 19 nitrogen and oxygen atoms in total. The van der Waals surface area contributed by atoms with Gasteiger partial charge in [-0.1, -0.05) is 146 Å². The van der Waals surface area contributed by atoms with Gasteiger partial charge in [0.1, 0.15) is 22.1 Å². The van der Waals surface area contributed by atoms with Crippen LogP contribution in [0.3, 0.4) is 0 Å². The van der Waals surface area contributed by atoms with Crippen molar-refractivity contribution in [2.45, 2.75) is 44.6 Å². The highest BCUT2D eigenvalue weighted by atomic mass is 16.4. The van der Waals surface area contributed by atoms with Crippen LogP contribution in [-0.2, 0) is 38.5 Å². The maximum Gasteiger partial charge on any atom is 0.338 e. The summed E-state index contributed by atoms with van der Waals surface area (Å²) in [7, 11) is 9.62. The van der Waals surface area contributed by atoms with Crippen LogP contribution in [0, 0.1) is 0 Å². The number of aromatic nitrogens is 6. The number of benzene rings is 8. The Morgan fingerprint density at radius 3 is 1.18 bits per heavy atom.